The third kappa shape index (κ3) is 2.38. The first kappa shape index (κ1) is 13.0. The lowest BCUT2D eigenvalue weighted by Crippen LogP contribution is -1.82. The van der Waals surface area contributed by atoms with Gasteiger partial charge in [-0.3, -0.25) is 0 Å². The van der Waals surface area contributed by atoms with Gasteiger partial charge < -0.3 is 4.98 Å². The lowest BCUT2D eigenvalue weighted by Gasteiger charge is -2.00. The highest BCUT2D eigenvalue weighted by Gasteiger charge is 2.10. The summed E-state index contributed by atoms with van der Waals surface area (Å²) in [6.07, 6.45) is 0. The number of benzene rings is 2. The minimum absolute atomic E-state index is 0.663. The first-order valence-electron chi connectivity index (χ1n) is 5.66. The van der Waals surface area contributed by atoms with E-state index in [9.17, 15) is 0 Å². The van der Waals surface area contributed by atoms with Crippen molar-refractivity contribution in [3.63, 3.8) is 0 Å². The van der Waals surface area contributed by atoms with Crippen molar-refractivity contribution in [3.8, 4) is 11.4 Å². The molecular weight excluding hydrogens is 347 g/mol. The van der Waals surface area contributed by atoms with Gasteiger partial charge in [0.15, 0.2) is 0 Å². The van der Waals surface area contributed by atoms with Gasteiger partial charge in [0.1, 0.15) is 11.3 Å². The van der Waals surface area contributed by atoms with Gasteiger partial charge in [0.05, 0.1) is 5.52 Å². The van der Waals surface area contributed by atoms with E-state index in [2.05, 4.69) is 25.9 Å². The first-order valence-corrected chi connectivity index (χ1v) is 7.21. The second kappa shape index (κ2) is 4.82. The molecule has 0 radical (unpaired) electrons. The Balaban J connectivity index is 2.20. The Morgan fingerprint density at radius 3 is 2.68 bits per heavy atom. The maximum atomic E-state index is 6.15. The number of aryl methyl sites for hydroxylation is 1. The fourth-order valence-corrected chi connectivity index (χ4v) is 3.00. The number of hydrogen-bond acceptors (Lipinski definition) is 1. The van der Waals surface area contributed by atoms with Crippen molar-refractivity contribution < 1.29 is 0 Å². The molecular formula is C14H9BrCl2N2. The summed E-state index contributed by atoms with van der Waals surface area (Å²) >= 11 is 15.6. The normalized spacial score (nSPS) is 11.2. The molecule has 0 aliphatic carbocycles. The topological polar surface area (TPSA) is 28.7 Å². The minimum Gasteiger partial charge on any atom is -0.338 e. The molecule has 5 heteroatoms. The summed E-state index contributed by atoms with van der Waals surface area (Å²) in [4.78, 5) is 7.83. The Morgan fingerprint density at radius 2 is 1.95 bits per heavy atom. The van der Waals surface area contributed by atoms with Crippen LogP contribution in [-0.4, -0.2) is 9.97 Å². The zero-order chi connectivity index (χ0) is 13.6. The van der Waals surface area contributed by atoms with E-state index in [1.165, 1.54) is 0 Å². The fourth-order valence-electron chi connectivity index (χ4n) is 1.92. The maximum absolute atomic E-state index is 6.15. The van der Waals surface area contributed by atoms with Crippen molar-refractivity contribution in [1.29, 1.82) is 0 Å². The predicted molar refractivity (Wildman–Crippen MR) is 84.0 cm³/mol. The van der Waals surface area contributed by atoms with E-state index in [-0.39, 0.29) is 0 Å². The van der Waals surface area contributed by atoms with E-state index in [0.29, 0.717) is 5.02 Å². The van der Waals surface area contributed by atoms with E-state index in [4.69, 9.17) is 23.2 Å². The van der Waals surface area contributed by atoms with Crippen molar-refractivity contribution in [2.75, 3.05) is 0 Å². The summed E-state index contributed by atoms with van der Waals surface area (Å²) in [5.41, 5.74) is 3.75. The molecule has 0 aliphatic heterocycles. The quantitative estimate of drug-likeness (QED) is 0.604. The maximum Gasteiger partial charge on any atom is 0.138 e. The molecule has 0 aliphatic rings. The zero-order valence-electron chi connectivity index (χ0n) is 9.97. The molecule has 0 saturated carbocycles. The standard InChI is InChI=1S/C14H9BrCl2N2/c1-7-2-3-8(4-11(7)17)14-18-12-6-9(16)5-10(15)13(12)19-14/h2-6H,1H3,(H,18,19). The van der Waals surface area contributed by atoms with E-state index < -0.39 is 0 Å². The molecule has 0 unspecified atom stereocenters. The van der Waals surface area contributed by atoms with Gasteiger partial charge in [-0.1, -0.05) is 35.3 Å². The molecule has 1 heterocycles. The SMILES string of the molecule is Cc1ccc(-c2nc3c(Br)cc(Cl)cc3[nH]2)cc1Cl. The smallest absolute Gasteiger partial charge is 0.138 e. The van der Waals surface area contributed by atoms with Crippen LogP contribution < -0.4 is 0 Å². The van der Waals surface area contributed by atoms with E-state index in [0.717, 1.165) is 37.5 Å². The number of hydrogen-bond donors (Lipinski definition) is 1. The molecule has 3 aromatic rings. The largest absolute Gasteiger partial charge is 0.338 e. The Kier molecular flexibility index (Phi) is 3.29. The molecule has 0 saturated heterocycles. The molecule has 0 bridgehead atoms. The third-order valence-electron chi connectivity index (χ3n) is 2.95. The van der Waals surface area contributed by atoms with Gasteiger partial charge in [0.25, 0.3) is 0 Å². The lowest BCUT2D eigenvalue weighted by molar-refractivity contribution is 1.33. The van der Waals surface area contributed by atoms with Crippen LogP contribution >= 0.6 is 39.1 Å². The van der Waals surface area contributed by atoms with Gasteiger partial charge in [-0.2, -0.15) is 0 Å². The van der Waals surface area contributed by atoms with Crippen LogP contribution in [-0.2, 0) is 0 Å². The van der Waals surface area contributed by atoms with Crippen LogP contribution in [0.25, 0.3) is 22.4 Å². The summed E-state index contributed by atoms with van der Waals surface area (Å²) in [6, 6.07) is 9.57. The van der Waals surface area contributed by atoms with Crippen LogP contribution in [0.1, 0.15) is 5.56 Å². The number of fused-ring (bicyclic) bond motifs is 1. The van der Waals surface area contributed by atoms with Crippen LogP contribution in [0, 0.1) is 6.92 Å². The minimum atomic E-state index is 0.663. The lowest BCUT2D eigenvalue weighted by atomic mass is 10.1. The third-order valence-corrected chi connectivity index (χ3v) is 4.18. The number of imidazole rings is 1. The molecule has 2 aromatic carbocycles. The summed E-state index contributed by atoms with van der Waals surface area (Å²) < 4.78 is 0.871. The molecule has 0 atom stereocenters. The van der Waals surface area contributed by atoms with Gasteiger partial charge >= 0.3 is 0 Å². The van der Waals surface area contributed by atoms with Crippen LogP contribution in [0.4, 0.5) is 0 Å². The molecule has 0 amide bonds. The first-order chi connectivity index (χ1) is 9.04. The van der Waals surface area contributed by atoms with Crippen molar-refractivity contribution in [3.05, 3.63) is 50.4 Å². The molecule has 0 spiro atoms. The molecule has 1 aromatic heterocycles. The highest BCUT2D eigenvalue weighted by molar-refractivity contribution is 9.10. The number of aromatic nitrogens is 2. The van der Waals surface area contributed by atoms with Gasteiger partial charge in [0, 0.05) is 20.1 Å². The predicted octanol–water partition coefficient (Wildman–Crippen LogP) is 5.61. The summed E-state index contributed by atoms with van der Waals surface area (Å²) in [7, 11) is 0. The molecule has 2 nitrogen and oxygen atoms in total. The molecule has 1 N–H and O–H groups in total. The van der Waals surface area contributed by atoms with Crippen molar-refractivity contribution in [2.45, 2.75) is 6.92 Å². The van der Waals surface area contributed by atoms with Gasteiger partial charge in [-0.05, 0) is 46.6 Å². The monoisotopic (exact) mass is 354 g/mol. The highest BCUT2D eigenvalue weighted by Crippen LogP contribution is 2.30. The van der Waals surface area contributed by atoms with Gasteiger partial charge in [-0.25, -0.2) is 4.98 Å². The second-order valence-electron chi connectivity index (χ2n) is 4.33. The Labute approximate surface area is 128 Å². The number of halogens is 3. The summed E-state index contributed by atoms with van der Waals surface area (Å²) in [5.74, 6) is 0.778. The summed E-state index contributed by atoms with van der Waals surface area (Å²) in [5, 5.41) is 1.39. The Bertz CT molecular complexity index is 780. The second-order valence-corrected chi connectivity index (χ2v) is 6.03. The Morgan fingerprint density at radius 1 is 1.16 bits per heavy atom. The molecule has 0 fully saturated rings. The summed E-state index contributed by atoms with van der Waals surface area (Å²) in [6.45, 7) is 1.97. The van der Waals surface area contributed by atoms with Crippen LogP contribution in [0.15, 0.2) is 34.8 Å². The zero-order valence-corrected chi connectivity index (χ0v) is 13.1. The molecule has 19 heavy (non-hydrogen) atoms. The van der Waals surface area contributed by atoms with E-state index in [1.807, 2.05) is 37.3 Å². The number of aromatic amines is 1. The number of rotatable bonds is 1. The van der Waals surface area contributed by atoms with Crippen LogP contribution in [0.5, 0.6) is 0 Å². The van der Waals surface area contributed by atoms with Crippen molar-refractivity contribution in [1.82, 2.24) is 9.97 Å². The van der Waals surface area contributed by atoms with Crippen molar-refractivity contribution in [2.24, 2.45) is 0 Å². The van der Waals surface area contributed by atoms with E-state index in [1.54, 1.807) is 0 Å². The van der Waals surface area contributed by atoms with Gasteiger partial charge in [0.2, 0.25) is 0 Å². The number of H-pyrrole nitrogens is 1. The van der Waals surface area contributed by atoms with Gasteiger partial charge in [-0.15, -0.1) is 0 Å². The molecule has 96 valence electrons. The van der Waals surface area contributed by atoms with Crippen molar-refractivity contribution >= 4 is 50.2 Å². The fraction of sp³-hybridized carbons (Fsp3) is 0.0714. The van der Waals surface area contributed by atoms with Crippen LogP contribution in [0.3, 0.4) is 0 Å². The average Bonchev–Trinajstić information content (AvgIpc) is 2.76. The average molecular weight is 356 g/mol. The Hall–Kier alpha value is -1.03. The molecule has 3 rings (SSSR count). The van der Waals surface area contributed by atoms with Crippen LogP contribution in [0.2, 0.25) is 10.0 Å². The highest BCUT2D eigenvalue weighted by atomic mass is 79.9. The number of nitrogens with one attached hydrogen (secondary N) is 1. The van der Waals surface area contributed by atoms with E-state index >= 15 is 0 Å². The number of nitrogens with zero attached hydrogens (tertiary/aromatic N) is 1.